The van der Waals surface area contributed by atoms with Gasteiger partial charge in [0.05, 0.1) is 19.9 Å². The van der Waals surface area contributed by atoms with E-state index < -0.39 is 0 Å². The third kappa shape index (κ3) is 4.05. The van der Waals surface area contributed by atoms with Gasteiger partial charge in [-0.3, -0.25) is 9.58 Å². The van der Waals surface area contributed by atoms with Crippen LogP contribution >= 0.6 is 0 Å². The normalized spacial score (nSPS) is 18.0. The lowest BCUT2D eigenvalue weighted by molar-refractivity contribution is 0.153. The van der Waals surface area contributed by atoms with Crippen LogP contribution in [0.15, 0.2) is 30.6 Å². The number of fused-ring (bicyclic) bond motifs is 1. The van der Waals surface area contributed by atoms with E-state index in [9.17, 15) is 0 Å². The number of ether oxygens (including phenoxy) is 2. The lowest BCUT2D eigenvalue weighted by atomic mass is 9.97. The summed E-state index contributed by atoms with van der Waals surface area (Å²) in [6, 6.07) is 6.32. The Kier molecular flexibility index (Phi) is 5.64. The largest absolute Gasteiger partial charge is 0.497 e. The average molecular weight is 383 g/mol. The molecule has 0 aliphatic carbocycles. The molecule has 2 aromatic heterocycles. The minimum atomic E-state index is 0.515. The molecule has 150 valence electrons. The molecule has 1 atom stereocenters. The van der Waals surface area contributed by atoms with E-state index in [0.717, 1.165) is 37.6 Å². The molecular formula is C21H29N5O2. The second-order valence-corrected chi connectivity index (χ2v) is 7.76. The highest BCUT2D eigenvalue weighted by Crippen LogP contribution is 2.28. The van der Waals surface area contributed by atoms with E-state index in [4.69, 9.17) is 9.47 Å². The van der Waals surface area contributed by atoms with Crippen molar-refractivity contribution in [2.24, 2.45) is 13.0 Å². The van der Waals surface area contributed by atoms with Crippen molar-refractivity contribution in [2.75, 3.05) is 27.3 Å². The number of piperidine rings is 1. The van der Waals surface area contributed by atoms with Crippen LogP contribution in [0.4, 0.5) is 0 Å². The lowest BCUT2D eigenvalue weighted by Gasteiger charge is -2.32. The van der Waals surface area contributed by atoms with Crippen LogP contribution in [-0.2, 0) is 31.5 Å². The average Bonchev–Trinajstić information content (AvgIpc) is 3.26. The number of nitrogens with zero attached hydrogens (tertiary/aromatic N) is 5. The van der Waals surface area contributed by atoms with E-state index in [-0.39, 0.29) is 0 Å². The van der Waals surface area contributed by atoms with Crippen molar-refractivity contribution in [3.8, 4) is 5.75 Å². The molecule has 0 spiro atoms. The highest BCUT2D eigenvalue weighted by atomic mass is 16.5. The van der Waals surface area contributed by atoms with Crippen LogP contribution in [0.2, 0.25) is 0 Å². The first-order valence-electron chi connectivity index (χ1n) is 9.88. The number of hydrogen-bond acceptors (Lipinski definition) is 5. The van der Waals surface area contributed by atoms with Crippen molar-refractivity contribution in [3.63, 3.8) is 0 Å². The van der Waals surface area contributed by atoms with E-state index in [2.05, 4.69) is 45.2 Å². The maximum Gasteiger partial charge on any atom is 0.119 e. The molecule has 7 heteroatoms. The Balaban J connectivity index is 1.44. The maximum atomic E-state index is 5.43. The first-order chi connectivity index (χ1) is 13.7. The van der Waals surface area contributed by atoms with Crippen LogP contribution in [0, 0.1) is 5.92 Å². The van der Waals surface area contributed by atoms with Gasteiger partial charge >= 0.3 is 0 Å². The van der Waals surface area contributed by atoms with E-state index in [0.29, 0.717) is 12.5 Å². The standard InChI is InChI=1S/C21H29N5O2/c1-24-12-17(20-9-19(28-3)6-7-21(20)24)13-25-8-4-5-16(10-25)11-26-14-18(15-27-2)22-23-26/h6-7,9,12,14,16H,4-5,8,10-11,13,15H2,1-3H3. The van der Waals surface area contributed by atoms with Crippen molar-refractivity contribution in [1.82, 2.24) is 24.5 Å². The Bertz CT molecular complexity index is 932. The number of rotatable bonds is 7. The summed E-state index contributed by atoms with van der Waals surface area (Å²) >= 11 is 0. The molecule has 0 N–H and O–H groups in total. The van der Waals surface area contributed by atoms with Gasteiger partial charge in [-0.15, -0.1) is 5.10 Å². The van der Waals surface area contributed by atoms with Gasteiger partial charge < -0.3 is 14.0 Å². The topological polar surface area (TPSA) is 57.3 Å². The smallest absolute Gasteiger partial charge is 0.119 e. The quantitative estimate of drug-likeness (QED) is 0.628. The summed E-state index contributed by atoms with van der Waals surface area (Å²) in [5, 5.41) is 9.71. The highest BCUT2D eigenvalue weighted by molar-refractivity contribution is 5.85. The van der Waals surface area contributed by atoms with Crippen LogP contribution in [0.3, 0.4) is 0 Å². The summed E-state index contributed by atoms with van der Waals surface area (Å²) in [5.74, 6) is 1.50. The van der Waals surface area contributed by atoms with Gasteiger partial charge in [0.2, 0.25) is 0 Å². The Hall–Kier alpha value is -2.38. The molecule has 1 aromatic carbocycles. The van der Waals surface area contributed by atoms with Gasteiger partial charge in [-0.2, -0.15) is 0 Å². The fourth-order valence-electron chi connectivity index (χ4n) is 4.30. The fraction of sp³-hybridized carbons (Fsp3) is 0.524. The molecule has 0 amide bonds. The summed E-state index contributed by atoms with van der Waals surface area (Å²) in [6.07, 6.45) is 6.71. The van der Waals surface area contributed by atoms with Gasteiger partial charge in [-0.25, -0.2) is 0 Å². The summed E-state index contributed by atoms with van der Waals surface area (Å²) in [7, 11) is 5.52. The minimum absolute atomic E-state index is 0.515. The van der Waals surface area contributed by atoms with Crippen molar-refractivity contribution >= 4 is 10.9 Å². The molecule has 1 saturated heterocycles. The summed E-state index contributed by atoms with van der Waals surface area (Å²) < 4.78 is 14.7. The molecule has 28 heavy (non-hydrogen) atoms. The number of hydrogen-bond donors (Lipinski definition) is 0. The molecule has 1 fully saturated rings. The number of methoxy groups -OCH3 is 2. The second-order valence-electron chi connectivity index (χ2n) is 7.76. The Labute approximate surface area is 165 Å². The molecule has 3 aromatic rings. The first-order valence-corrected chi connectivity index (χ1v) is 9.88. The minimum Gasteiger partial charge on any atom is -0.497 e. The number of aromatic nitrogens is 4. The first kappa shape index (κ1) is 19.0. The number of benzene rings is 1. The molecule has 0 radical (unpaired) electrons. The van der Waals surface area contributed by atoms with E-state index >= 15 is 0 Å². The highest BCUT2D eigenvalue weighted by Gasteiger charge is 2.22. The van der Waals surface area contributed by atoms with E-state index in [1.165, 1.54) is 29.3 Å². The predicted molar refractivity (Wildman–Crippen MR) is 108 cm³/mol. The lowest BCUT2D eigenvalue weighted by Crippen LogP contribution is -2.36. The zero-order valence-electron chi connectivity index (χ0n) is 17.0. The number of aryl methyl sites for hydroxylation is 1. The van der Waals surface area contributed by atoms with Crippen molar-refractivity contribution in [3.05, 3.63) is 41.9 Å². The third-order valence-corrected chi connectivity index (χ3v) is 5.60. The van der Waals surface area contributed by atoms with Crippen molar-refractivity contribution < 1.29 is 9.47 Å². The van der Waals surface area contributed by atoms with Crippen molar-refractivity contribution in [1.29, 1.82) is 0 Å². The Morgan fingerprint density at radius 2 is 2.11 bits per heavy atom. The second kappa shape index (κ2) is 8.32. The zero-order chi connectivity index (χ0) is 19.5. The maximum absolute atomic E-state index is 5.43. The molecule has 1 aliphatic heterocycles. The van der Waals surface area contributed by atoms with Gasteiger partial charge in [0, 0.05) is 50.9 Å². The van der Waals surface area contributed by atoms with Crippen LogP contribution in [-0.4, -0.2) is 51.8 Å². The Morgan fingerprint density at radius 1 is 1.21 bits per heavy atom. The molecule has 0 bridgehead atoms. The van der Waals surface area contributed by atoms with Crippen LogP contribution in [0.25, 0.3) is 10.9 Å². The zero-order valence-corrected chi connectivity index (χ0v) is 17.0. The Morgan fingerprint density at radius 3 is 2.93 bits per heavy atom. The molecular weight excluding hydrogens is 354 g/mol. The molecule has 7 nitrogen and oxygen atoms in total. The number of likely N-dealkylation sites (tertiary alicyclic amines) is 1. The predicted octanol–water partition coefficient (Wildman–Crippen LogP) is 2.84. The van der Waals surface area contributed by atoms with Crippen LogP contribution < -0.4 is 4.74 Å². The van der Waals surface area contributed by atoms with E-state index in [1.807, 2.05) is 16.9 Å². The summed E-state index contributed by atoms with van der Waals surface area (Å²) in [4.78, 5) is 2.56. The van der Waals surface area contributed by atoms with Gasteiger partial charge in [0.25, 0.3) is 0 Å². The molecule has 1 aliphatic rings. The summed E-state index contributed by atoms with van der Waals surface area (Å²) in [5.41, 5.74) is 3.50. The monoisotopic (exact) mass is 383 g/mol. The van der Waals surface area contributed by atoms with Crippen LogP contribution in [0.5, 0.6) is 5.75 Å². The summed E-state index contributed by atoms with van der Waals surface area (Å²) in [6.45, 7) is 4.62. The van der Waals surface area contributed by atoms with Gasteiger partial charge in [0.15, 0.2) is 0 Å². The van der Waals surface area contributed by atoms with Gasteiger partial charge in [0.1, 0.15) is 11.4 Å². The molecule has 1 unspecified atom stereocenters. The third-order valence-electron chi connectivity index (χ3n) is 5.60. The van der Waals surface area contributed by atoms with Gasteiger partial charge in [-0.1, -0.05) is 5.21 Å². The van der Waals surface area contributed by atoms with Gasteiger partial charge in [-0.05, 0) is 49.1 Å². The fourth-order valence-corrected chi connectivity index (χ4v) is 4.30. The molecule has 4 rings (SSSR count). The molecule has 3 heterocycles. The van der Waals surface area contributed by atoms with Crippen LogP contribution in [0.1, 0.15) is 24.1 Å². The molecule has 0 saturated carbocycles. The van der Waals surface area contributed by atoms with Crippen molar-refractivity contribution in [2.45, 2.75) is 32.5 Å². The van der Waals surface area contributed by atoms with E-state index in [1.54, 1.807) is 14.2 Å². The SMILES string of the molecule is COCc1cn(CC2CCCN(Cc3cn(C)c4ccc(OC)cc34)C2)nn1.